The van der Waals surface area contributed by atoms with Crippen molar-refractivity contribution in [1.82, 2.24) is 0 Å². The second-order valence-corrected chi connectivity index (χ2v) is 9.33. The Hall–Kier alpha value is -1.22. The van der Waals surface area contributed by atoms with Crippen molar-refractivity contribution in [2.24, 2.45) is 17.8 Å². The summed E-state index contributed by atoms with van der Waals surface area (Å²) in [6.45, 7) is 6.52. The van der Waals surface area contributed by atoms with E-state index >= 15 is 8.78 Å². The number of rotatable bonds is 5. The van der Waals surface area contributed by atoms with E-state index in [1.807, 2.05) is 6.08 Å². The predicted octanol–water partition coefficient (Wildman–Crippen LogP) is 6.73. The van der Waals surface area contributed by atoms with Crippen molar-refractivity contribution >= 4 is 0 Å². The lowest BCUT2D eigenvalue weighted by molar-refractivity contribution is -0.00341. The maximum atomic E-state index is 15.4. The minimum absolute atomic E-state index is 0.0427. The maximum absolute atomic E-state index is 15.4. The zero-order valence-electron chi connectivity index (χ0n) is 17.2. The van der Waals surface area contributed by atoms with E-state index in [4.69, 9.17) is 4.74 Å². The van der Waals surface area contributed by atoms with Crippen LogP contribution in [0.4, 0.5) is 8.78 Å². The second kappa shape index (κ2) is 8.65. The Morgan fingerprint density at radius 2 is 1.89 bits per heavy atom. The SMILES string of the molecule is C=CCOC1CCC2CC(c3c(F)cc4c(c3F)CCC(CC)C4)CCC2C1. The van der Waals surface area contributed by atoms with E-state index in [0.29, 0.717) is 36.0 Å². The number of halogens is 2. The monoisotopic (exact) mass is 388 g/mol. The number of hydrogen-bond acceptors (Lipinski definition) is 1. The molecule has 0 N–H and O–H groups in total. The molecule has 5 unspecified atom stereocenters. The van der Waals surface area contributed by atoms with Gasteiger partial charge in [-0.3, -0.25) is 0 Å². The first-order chi connectivity index (χ1) is 13.6. The Labute approximate surface area is 168 Å². The van der Waals surface area contributed by atoms with Crippen LogP contribution in [0.15, 0.2) is 18.7 Å². The van der Waals surface area contributed by atoms with Gasteiger partial charge in [0.2, 0.25) is 0 Å². The second-order valence-electron chi connectivity index (χ2n) is 9.33. The highest BCUT2D eigenvalue weighted by molar-refractivity contribution is 5.39. The fourth-order valence-corrected chi connectivity index (χ4v) is 6.13. The quantitative estimate of drug-likeness (QED) is 0.508. The summed E-state index contributed by atoms with van der Waals surface area (Å²) >= 11 is 0. The lowest BCUT2D eigenvalue weighted by Crippen LogP contribution is -2.34. The molecule has 4 rings (SSSR count). The summed E-state index contributed by atoms with van der Waals surface area (Å²) in [4.78, 5) is 0. The maximum Gasteiger partial charge on any atom is 0.133 e. The summed E-state index contributed by atoms with van der Waals surface area (Å²) in [5.74, 6) is 1.35. The topological polar surface area (TPSA) is 9.23 Å². The Morgan fingerprint density at radius 3 is 2.68 bits per heavy atom. The minimum Gasteiger partial charge on any atom is -0.374 e. The Kier molecular flexibility index (Phi) is 6.20. The zero-order chi connectivity index (χ0) is 19.7. The third-order valence-electron chi connectivity index (χ3n) is 7.76. The van der Waals surface area contributed by atoms with Crippen LogP contribution in [0.1, 0.15) is 80.9 Å². The lowest BCUT2D eigenvalue weighted by Gasteiger charge is -2.42. The fraction of sp³-hybridized carbons (Fsp3) is 0.680. The molecule has 28 heavy (non-hydrogen) atoms. The van der Waals surface area contributed by atoms with Gasteiger partial charge in [0.1, 0.15) is 11.6 Å². The van der Waals surface area contributed by atoms with Crippen molar-refractivity contribution in [3.63, 3.8) is 0 Å². The van der Waals surface area contributed by atoms with Crippen molar-refractivity contribution in [2.45, 2.75) is 83.2 Å². The highest BCUT2D eigenvalue weighted by atomic mass is 19.1. The molecule has 0 spiro atoms. The van der Waals surface area contributed by atoms with E-state index in [-0.39, 0.29) is 17.6 Å². The van der Waals surface area contributed by atoms with E-state index in [0.717, 1.165) is 75.3 Å². The van der Waals surface area contributed by atoms with Crippen LogP contribution < -0.4 is 0 Å². The molecule has 0 aliphatic heterocycles. The predicted molar refractivity (Wildman–Crippen MR) is 110 cm³/mol. The molecule has 1 nitrogen and oxygen atoms in total. The molecule has 3 aliphatic carbocycles. The molecule has 2 saturated carbocycles. The van der Waals surface area contributed by atoms with Gasteiger partial charge in [0, 0.05) is 5.56 Å². The van der Waals surface area contributed by atoms with E-state index in [1.165, 1.54) is 0 Å². The van der Waals surface area contributed by atoms with Crippen LogP contribution >= 0.6 is 0 Å². The molecule has 5 atom stereocenters. The number of benzene rings is 1. The summed E-state index contributed by atoms with van der Waals surface area (Å²) in [5, 5.41) is 0. The molecular formula is C25H34F2O. The summed E-state index contributed by atoms with van der Waals surface area (Å²) < 4.78 is 36.3. The van der Waals surface area contributed by atoms with Gasteiger partial charge in [-0.2, -0.15) is 0 Å². The molecule has 3 aliphatic rings. The smallest absolute Gasteiger partial charge is 0.133 e. The molecule has 1 aromatic rings. The first kappa shape index (κ1) is 20.1. The van der Waals surface area contributed by atoms with Crippen LogP contribution in [0, 0.1) is 29.4 Å². The van der Waals surface area contributed by atoms with E-state index in [1.54, 1.807) is 6.07 Å². The van der Waals surface area contributed by atoms with Crippen molar-refractivity contribution in [2.75, 3.05) is 6.61 Å². The summed E-state index contributed by atoms with van der Waals surface area (Å²) in [6.07, 6.45) is 12.1. The zero-order valence-corrected chi connectivity index (χ0v) is 17.2. The highest BCUT2D eigenvalue weighted by Crippen LogP contribution is 2.48. The van der Waals surface area contributed by atoms with Gasteiger partial charge in [-0.25, -0.2) is 8.78 Å². The minimum atomic E-state index is -0.292. The van der Waals surface area contributed by atoms with Gasteiger partial charge in [0.25, 0.3) is 0 Å². The normalized spacial score (nSPS) is 32.5. The lowest BCUT2D eigenvalue weighted by atomic mass is 9.65. The van der Waals surface area contributed by atoms with Gasteiger partial charge in [-0.15, -0.1) is 6.58 Å². The van der Waals surface area contributed by atoms with Gasteiger partial charge in [-0.1, -0.05) is 19.4 Å². The van der Waals surface area contributed by atoms with Crippen LogP contribution in [0.3, 0.4) is 0 Å². The van der Waals surface area contributed by atoms with Crippen molar-refractivity contribution in [3.8, 4) is 0 Å². The molecule has 2 fully saturated rings. The standard InChI is InChI=1S/C25H34F2O/c1-3-11-28-21-9-8-17-13-19(7-6-18(17)14-21)24-23(26)15-20-12-16(4-2)5-10-22(20)25(24)27/h3,15-19,21H,1,4-14H2,2H3. The molecule has 0 aromatic heterocycles. The first-order valence-corrected chi connectivity index (χ1v) is 11.3. The van der Waals surface area contributed by atoms with Gasteiger partial charge in [0.15, 0.2) is 0 Å². The summed E-state index contributed by atoms with van der Waals surface area (Å²) in [5.41, 5.74) is 2.13. The molecule has 3 heteroatoms. The first-order valence-electron chi connectivity index (χ1n) is 11.3. The van der Waals surface area contributed by atoms with Crippen molar-refractivity contribution in [1.29, 1.82) is 0 Å². The number of hydrogen-bond donors (Lipinski definition) is 0. The van der Waals surface area contributed by atoms with Crippen LogP contribution in [0.25, 0.3) is 0 Å². The molecule has 1 aromatic carbocycles. The molecule has 0 amide bonds. The molecule has 154 valence electrons. The molecule has 0 bridgehead atoms. The van der Waals surface area contributed by atoms with Gasteiger partial charge >= 0.3 is 0 Å². The van der Waals surface area contributed by atoms with Crippen LogP contribution in [-0.2, 0) is 17.6 Å². The summed E-state index contributed by atoms with van der Waals surface area (Å²) in [6, 6.07) is 1.67. The number of ether oxygens (including phenoxy) is 1. The van der Waals surface area contributed by atoms with Gasteiger partial charge in [0.05, 0.1) is 12.7 Å². The van der Waals surface area contributed by atoms with Crippen LogP contribution in [0.2, 0.25) is 0 Å². The molecule has 0 radical (unpaired) electrons. The van der Waals surface area contributed by atoms with Gasteiger partial charge in [-0.05, 0) is 98.7 Å². The molecule has 0 heterocycles. The van der Waals surface area contributed by atoms with Crippen LogP contribution in [-0.4, -0.2) is 12.7 Å². The third-order valence-corrected chi connectivity index (χ3v) is 7.76. The van der Waals surface area contributed by atoms with Crippen molar-refractivity contribution in [3.05, 3.63) is 47.0 Å². The number of fused-ring (bicyclic) bond motifs is 2. The van der Waals surface area contributed by atoms with Crippen molar-refractivity contribution < 1.29 is 13.5 Å². The average molecular weight is 389 g/mol. The van der Waals surface area contributed by atoms with E-state index in [9.17, 15) is 0 Å². The highest BCUT2D eigenvalue weighted by Gasteiger charge is 2.38. The Morgan fingerprint density at radius 1 is 1.11 bits per heavy atom. The molecule has 0 saturated heterocycles. The Balaban J connectivity index is 1.48. The Bertz CT molecular complexity index is 713. The van der Waals surface area contributed by atoms with Crippen LogP contribution in [0.5, 0.6) is 0 Å². The molecular weight excluding hydrogens is 354 g/mol. The largest absolute Gasteiger partial charge is 0.374 e. The average Bonchev–Trinajstić information content (AvgIpc) is 2.71. The van der Waals surface area contributed by atoms with E-state index < -0.39 is 0 Å². The third kappa shape index (κ3) is 3.92. The fourth-order valence-electron chi connectivity index (χ4n) is 6.13. The summed E-state index contributed by atoms with van der Waals surface area (Å²) in [7, 11) is 0. The van der Waals surface area contributed by atoms with Gasteiger partial charge < -0.3 is 4.74 Å². The van der Waals surface area contributed by atoms with E-state index in [2.05, 4.69) is 13.5 Å².